The molecule has 0 aliphatic heterocycles. The molecule has 1 aromatic carbocycles. The third-order valence-corrected chi connectivity index (χ3v) is 4.74. The summed E-state index contributed by atoms with van der Waals surface area (Å²) in [7, 11) is 0. The Bertz CT molecular complexity index is 1290. The summed E-state index contributed by atoms with van der Waals surface area (Å²) in [5.74, 6) is -2.67. The minimum Gasteiger partial charge on any atom is -0.368 e. The second-order valence-electron chi connectivity index (χ2n) is 7.00. The van der Waals surface area contributed by atoms with Crippen LogP contribution in [0.3, 0.4) is 0 Å². The highest BCUT2D eigenvalue weighted by molar-refractivity contribution is 5.99. The zero-order valence-electron chi connectivity index (χ0n) is 16.7. The van der Waals surface area contributed by atoms with Crippen LogP contribution in [0.2, 0.25) is 0 Å². The van der Waals surface area contributed by atoms with Gasteiger partial charge in [-0.1, -0.05) is 6.07 Å². The maximum Gasteiger partial charge on any atom is 0.252 e. The van der Waals surface area contributed by atoms with Gasteiger partial charge in [0.1, 0.15) is 11.9 Å². The van der Waals surface area contributed by atoms with Gasteiger partial charge in [-0.15, -0.1) is 0 Å². The maximum absolute atomic E-state index is 14.7. The molecule has 3 heterocycles. The fraction of sp³-hybridized carbons (Fsp3) is 0.0952. The van der Waals surface area contributed by atoms with E-state index in [1.165, 1.54) is 12.5 Å². The number of rotatable bonds is 8. The number of H-pyrrole nitrogens is 1. The highest BCUT2D eigenvalue weighted by Crippen LogP contribution is 2.26. The second-order valence-corrected chi connectivity index (χ2v) is 7.00. The zero-order valence-corrected chi connectivity index (χ0v) is 16.7. The summed E-state index contributed by atoms with van der Waals surface area (Å²) < 4.78 is 14.7. The number of aromatic nitrogens is 4. The lowest BCUT2D eigenvalue weighted by Crippen LogP contribution is -2.38. The largest absolute Gasteiger partial charge is 0.368 e. The Kier molecular flexibility index (Phi) is 5.62. The van der Waals surface area contributed by atoms with Crippen LogP contribution in [-0.2, 0) is 11.2 Å². The average molecular weight is 434 g/mol. The highest BCUT2D eigenvalue weighted by atomic mass is 19.1. The smallest absolute Gasteiger partial charge is 0.252 e. The molecule has 0 aliphatic rings. The van der Waals surface area contributed by atoms with Crippen molar-refractivity contribution >= 4 is 40.0 Å². The molecule has 3 aromatic heterocycles. The van der Waals surface area contributed by atoms with Crippen molar-refractivity contribution in [2.45, 2.75) is 12.5 Å². The van der Waals surface area contributed by atoms with E-state index in [0.29, 0.717) is 11.4 Å². The summed E-state index contributed by atoms with van der Waals surface area (Å²) in [6.07, 6.45) is 4.79. The lowest BCUT2D eigenvalue weighted by Gasteiger charge is -2.18. The Hall–Kier alpha value is -4.54. The number of imidazole rings is 1. The molecule has 0 unspecified atom stereocenters. The van der Waals surface area contributed by atoms with Crippen molar-refractivity contribution < 1.29 is 14.0 Å². The van der Waals surface area contributed by atoms with E-state index in [2.05, 4.69) is 30.6 Å². The molecule has 11 heteroatoms. The van der Waals surface area contributed by atoms with Crippen molar-refractivity contribution in [2.24, 2.45) is 11.5 Å². The molecule has 10 nitrogen and oxygen atoms in total. The van der Waals surface area contributed by atoms with Gasteiger partial charge in [0, 0.05) is 35.6 Å². The van der Waals surface area contributed by atoms with Gasteiger partial charge < -0.3 is 27.1 Å². The minimum atomic E-state index is -0.975. The molecule has 0 radical (unpaired) electrons. The van der Waals surface area contributed by atoms with Crippen molar-refractivity contribution in [3.63, 3.8) is 0 Å². The number of amides is 2. The zero-order chi connectivity index (χ0) is 22.7. The van der Waals surface area contributed by atoms with Gasteiger partial charge in [0.05, 0.1) is 17.4 Å². The Morgan fingerprint density at radius 3 is 2.72 bits per heavy atom. The number of nitrogens with one attached hydrogen (secondary N) is 3. The molecule has 2 amide bonds. The summed E-state index contributed by atoms with van der Waals surface area (Å²) in [5, 5.41) is 6.53. The quantitative estimate of drug-likeness (QED) is 0.282. The lowest BCUT2D eigenvalue weighted by molar-refractivity contribution is -0.118. The number of pyridine rings is 2. The number of carbonyl (C=O) groups excluding carboxylic acids is 2. The molecule has 0 saturated carbocycles. The summed E-state index contributed by atoms with van der Waals surface area (Å²) >= 11 is 0. The maximum atomic E-state index is 14.7. The summed E-state index contributed by atoms with van der Waals surface area (Å²) in [5.41, 5.74) is 12.7. The Balaban J connectivity index is 1.67. The number of nitrogens with two attached hydrogens (primary N) is 2. The van der Waals surface area contributed by atoms with Gasteiger partial charge in [-0.05, 0) is 30.3 Å². The summed E-state index contributed by atoms with van der Waals surface area (Å²) in [6, 6.07) is 8.98. The van der Waals surface area contributed by atoms with Gasteiger partial charge >= 0.3 is 0 Å². The van der Waals surface area contributed by atoms with Crippen molar-refractivity contribution in [3.05, 3.63) is 72.2 Å². The molecule has 7 N–H and O–H groups in total. The first kappa shape index (κ1) is 20.7. The number of nitrogens with zero attached hydrogens (tertiary/aromatic N) is 3. The van der Waals surface area contributed by atoms with Gasteiger partial charge in [0.25, 0.3) is 5.91 Å². The first-order chi connectivity index (χ1) is 15.4. The van der Waals surface area contributed by atoms with Crippen LogP contribution in [0.15, 0.2) is 55.1 Å². The van der Waals surface area contributed by atoms with Gasteiger partial charge in [-0.2, -0.15) is 0 Å². The van der Waals surface area contributed by atoms with Crippen LogP contribution in [0.5, 0.6) is 0 Å². The van der Waals surface area contributed by atoms with Gasteiger partial charge in [-0.3, -0.25) is 14.6 Å². The molecule has 0 aliphatic carbocycles. The van der Waals surface area contributed by atoms with Gasteiger partial charge in [0.2, 0.25) is 5.91 Å². The van der Waals surface area contributed by atoms with Crippen LogP contribution in [-0.4, -0.2) is 37.8 Å². The number of primary amides is 2. The molecule has 0 bridgehead atoms. The Labute approximate surface area is 181 Å². The molecule has 1 atom stereocenters. The number of anilines is 3. The molecule has 4 aromatic rings. The van der Waals surface area contributed by atoms with E-state index in [1.54, 1.807) is 30.5 Å². The van der Waals surface area contributed by atoms with Crippen molar-refractivity contribution in [1.82, 2.24) is 19.9 Å². The standard InChI is InChI=1S/C21H19FN8O2/c22-15-8-14(18(23)31)20(28-12-3-4-16-11(6-12)2-1-5-26-16)30-21(15)29-17(19(24)32)7-13-9-25-10-27-13/h1-6,8-10,17H,7H2,(H2,23,31)(H2,24,32)(H,25,27)(H2,28,29,30)/t17-/m1/s1. The topological polar surface area (TPSA) is 165 Å². The van der Waals surface area contributed by atoms with Crippen LogP contribution < -0.4 is 22.1 Å². The summed E-state index contributed by atoms with van der Waals surface area (Å²) in [4.78, 5) is 38.9. The fourth-order valence-electron chi connectivity index (χ4n) is 3.17. The number of fused-ring (bicyclic) bond motifs is 1. The van der Waals surface area contributed by atoms with Crippen LogP contribution in [0.4, 0.5) is 21.7 Å². The third kappa shape index (κ3) is 4.46. The summed E-state index contributed by atoms with van der Waals surface area (Å²) in [6.45, 7) is 0. The van der Waals surface area contributed by atoms with E-state index in [0.717, 1.165) is 17.0 Å². The van der Waals surface area contributed by atoms with Gasteiger partial charge in [-0.25, -0.2) is 14.4 Å². The predicted molar refractivity (Wildman–Crippen MR) is 117 cm³/mol. The molecule has 4 rings (SSSR count). The molecule has 0 spiro atoms. The number of halogens is 1. The first-order valence-electron chi connectivity index (χ1n) is 9.56. The normalized spacial score (nSPS) is 11.8. The van der Waals surface area contributed by atoms with E-state index in [9.17, 15) is 14.0 Å². The van der Waals surface area contributed by atoms with Gasteiger partial charge in [0.15, 0.2) is 11.6 Å². The van der Waals surface area contributed by atoms with Crippen molar-refractivity contribution in [1.29, 1.82) is 0 Å². The fourth-order valence-corrected chi connectivity index (χ4v) is 3.17. The molecule has 0 saturated heterocycles. The third-order valence-electron chi connectivity index (χ3n) is 4.74. The molecular formula is C21H19FN8O2. The first-order valence-corrected chi connectivity index (χ1v) is 9.56. The number of aromatic amines is 1. The second kappa shape index (κ2) is 8.68. The van der Waals surface area contributed by atoms with Crippen LogP contribution in [0, 0.1) is 5.82 Å². The molecule has 162 valence electrons. The monoisotopic (exact) mass is 434 g/mol. The number of benzene rings is 1. The minimum absolute atomic E-state index is 0.0226. The van der Waals surface area contributed by atoms with Crippen LogP contribution in [0.1, 0.15) is 16.1 Å². The molecular weight excluding hydrogens is 415 g/mol. The number of hydrogen-bond acceptors (Lipinski definition) is 7. The van der Waals surface area contributed by atoms with E-state index < -0.39 is 23.7 Å². The highest BCUT2D eigenvalue weighted by Gasteiger charge is 2.22. The molecule has 32 heavy (non-hydrogen) atoms. The molecule has 0 fully saturated rings. The number of hydrogen-bond donors (Lipinski definition) is 5. The Morgan fingerprint density at radius 1 is 1.16 bits per heavy atom. The predicted octanol–water partition coefficient (Wildman–Crippen LogP) is 1.84. The van der Waals surface area contributed by atoms with Crippen molar-refractivity contribution in [3.8, 4) is 0 Å². The lowest BCUT2D eigenvalue weighted by atomic mass is 10.1. The van der Waals surface area contributed by atoms with Crippen LogP contribution >= 0.6 is 0 Å². The average Bonchev–Trinajstić information content (AvgIpc) is 3.28. The van der Waals surface area contributed by atoms with Crippen molar-refractivity contribution in [2.75, 3.05) is 10.6 Å². The Morgan fingerprint density at radius 2 is 2.00 bits per heavy atom. The van der Waals surface area contributed by atoms with E-state index in [-0.39, 0.29) is 23.6 Å². The van der Waals surface area contributed by atoms with Crippen LogP contribution in [0.25, 0.3) is 10.9 Å². The van der Waals surface area contributed by atoms with E-state index >= 15 is 0 Å². The van der Waals surface area contributed by atoms with E-state index in [4.69, 9.17) is 11.5 Å². The number of carbonyl (C=O) groups is 2. The van der Waals surface area contributed by atoms with E-state index in [1.807, 2.05) is 6.07 Å². The SMILES string of the molecule is NC(=O)c1cc(F)c(N[C@H](Cc2cnc[nH]2)C(N)=O)nc1Nc1ccc2ncccc2c1.